The van der Waals surface area contributed by atoms with Gasteiger partial charge in [0.25, 0.3) is 0 Å². The molecule has 0 aliphatic rings. The molecule has 92 valence electrons. The van der Waals surface area contributed by atoms with Crippen LogP contribution in [0.4, 0.5) is 0 Å². The van der Waals surface area contributed by atoms with Crippen molar-refractivity contribution in [3.8, 4) is 0 Å². The summed E-state index contributed by atoms with van der Waals surface area (Å²) in [4.78, 5) is 0. The molecule has 3 nitrogen and oxygen atoms in total. The van der Waals surface area contributed by atoms with Crippen molar-refractivity contribution in [2.24, 2.45) is 0 Å². The molecule has 0 amide bonds. The lowest BCUT2D eigenvalue weighted by molar-refractivity contribution is 0.0821. The van der Waals surface area contributed by atoms with Crippen molar-refractivity contribution in [3.05, 3.63) is 0 Å². The van der Waals surface area contributed by atoms with E-state index in [-0.39, 0.29) is 11.6 Å². The average Bonchev–Trinajstić information content (AvgIpc) is 2.10. The molecule has 2 N–H and O–H groups in total. The fourth-order valence-electron chi connectivity index (χ4n) is 0.954. The number of aliphatic hydroxyl groups excluding tert-OH is 2. The maximum Gasteiger partial charge on any atom is 0.191 e. The van der Waals surface area contributed by atoms with Crippen LogP contribution in [0.2, 0.25) is 18.1 Å². The van der Waals surface area contributed by atoms with E-state index in [4.69, 9.17) is 14.6 Å². The summed E-state index contributed by atoms with van der Waals surface area (Å²) >= 11 is 0. The number of aliphatic hydroxyl groups is 2. The van der Waals surface area contributed by atoms with Gasteiger partial charge in [0.1, 0.15) is 0 Å². The molecule has 0 saturated carbocycles. The Kier molecular flexibility index (Phi) is 6.03. The van der Waals surface area contributed by atoms with Gasteiger partial charge in [-0.25, -0.2) is 0 Å². The highest BCUT2D eigenvalue weighted by Crippen LogP contribution is 2.36. The van der Waals surface area contributed by atoms with Gasteiger partial charge in [-0.1, -0.05) is 20.8 Å². The van der Waals surface area contributed by atoms with Gasteiger partial charge in [0.15, 0.2) is 8.32 Å². The predicted molar refractivity (Wildman–Crippen MR) is 65.5 cm³/mol. The third-order valence-corrected chi connectivity index (χ3v) is 7.70. The van der Waals surface area contributed by atoms with E-state index in [0.717, 1.165) is 6.42 Å². The summed E-state index contributed by atoms with van der Waals surface area (Å²) in [6, 6.07) is 0. The van der Waals surface area contributed by atoms with Gasteiger partial charge in [0, 0.05) is 6.61 Å². The summed E-state index contributed by atoms with van der Waals surface area (Å²) in [6.07, 6.45) is 0.840. The van der Waals surface area contributed by atoms with Gasteiger partial charge in [0.2, 0.25) is 0 Å². The first-order valence-electron chi connectivity index (χ1n) is 5.63. The third-order valence-electron chi connectivity index (χ3n) is 3.16. The Morgan fingerprint density at radius 1 is 1.27 bits per heavy atom. The SMILES string of the molecule is CC(C)(C)[Si](C)(C)OCCC[C@@H](O)CO. The van der Waals surface area contributed by atoms with Crippen molar-refractivity contribution in [1.82, 2.24) is 0 Å². The van der Waals surface area contributed by atoms with Crippen LogP contribution in [0.1, 0.15) is 33.6 Å². The van der Waals surface area contributed by atoms with Crippen LogP contribution in [0.15, 0.2) is 0 Å². The molecule has 15 heavy (non-hydrogen) atoms. The molecule has 0 spiro atoms. The first-order valence-corrected chi connectivity index (χ1v) is 8.54. The minimum absolute atomic E-state index is 0.153. The molecule has 4 heteroatoms. The first kappa shape index (κ1) is 15.1. The van der Waals surface area contributed by atoms with Gasteiger partial charge in [-0.3, -0.25) is 0 Å². The van der Waals surface area contributed by atoms with E-state index in [1.165, 1.54) is 0 Å². The van der Waals surface area contributed by atoms with Crippen LogP contribution in [0, 0.1) is 0 Å². The van der Waals surface area contributed by atoms with Gasteiger partial charge in [-0.2, -0.15) is 0 Å². The lowest BCUT2D eigenvalue weighted by atomic mass is 10.2. The van der Waals surface area contributed by atoms with Crippen LogP contribution in [0.5, 0.6) is 0 Å². The highest BCUT2D eigenvalue weighted by molar-refractivity contribution is 6.74. The van der Waals surface area contributed by atoms with E-state index < -0.39 is 14.4 Å². The van der Waals surface area contributed by atoms with Gasteiger partial charge in [-0.15, -0.1) is 0 Å². The highest BCUT2D eigenvalue weighted by atomic mass is 28.4. The Morgan fingerprint density at radius 3 is 2.20 bits per heavy atom. The largest absolute Gasteiger partial charge is 0.417 e. The second-order valence-electron chi connectivity index (χ2n) is 5.59. The lowest BCUT2D eigenvalue weighted by Gasteiger charge is -2.36. The number of rotatable bonds is 6. The zero-order valence-electron chi connectivity index (χ0n) is 10.7. The summed E-state index contributed by atoms with van der Waals surface area (Å²) in [6.45, 7) is 11.6. The van der Waals surface area contributed by atoms with Crippen LogP contribution >= 0.6 is 0 Å². The lowest BCUT2D eigenvalue weighted by Crippen LogP contribution is -2.41. The van der Waals surface area contributed by atoms with Crippen molar-refractivity contribution < 1.29 is 14.6 Å². The molecule has 0 radical (unpaired) electrons. The minimum Gasteiger partial charge on any atom is -0.417 e. The Balaban J connectivity index is 3.77. The summed E-state index contributed by atoms with van der Waals surface area (Å²) in [5, 5.41) is 18.0. The Labute approximate surface area is 94.6 Å². The topological polar surface area (TPSA) is 49.7 Å². The number of hydrogen-bond acceptors (Lipinski definition) is 3. The molecule has 0 saturated heterocycles. The Hall–Kier alpha value is 0.0969. The van der Waals surface area contributed by atoms with Crippen LogP contribution in [0.3, 0.4) is 0 Å². The van der Waals surface area contributed by atoms with E-state index in [2.05, 4.69) is 33.9 Å². The first-order chi connectivity index (χ1) is 6.70. The minimum atomic E-state index is -1.63. The fraction of sp³-hybridized carbons (Fsp3) is 1.00. The van der Waals surface area contributed by atoms with E-state index >= 15 is 0 Å². The van der Waals surface area contributed by atoms with Crippen LogP contribution in [0.25, 0.3) is 0 Å². The normalized spacial score (nSPS) is 15.4. The molecule has 1 atom stereocenters. The maximum atomic E-state index is 9.15. The van der Waals surface area contributed by atoms with E-state index in [1.807, 2.05) is 0 Å². The molecule has 0 aromatic heterocycles. The molecule has 0 aromatic carbocycles. The fourth-order valence-corrected chi connectivity index (χ4v) is 2.04. The maximum absolute atomic E-state index is 9.15. The summed E-state index contributed by atoms with van der Waals surface area (Å²) in [5.74, 6) is 0. The smallest absolute Gasteiger partial charge is 0.191 e. The molecule has 0 unspecified atom stereocenters. The Bertz CT molecular complexity index is 175. The molecule has 0 bridgehead atoms. The molecule has 0 rings (SSSR count). The molecule has 0 heterocycles. The predicted octanol–water partition coefficient (Wildman–Crippen LogP) is 2.14. The third kappa shape index (κ3) is 5.66. The van der Waals surface area contributed by atoms with Crippen molar-refractivity contribution in [2.45, 2.75) is 57.8 Å². The van der Waals surface area contributed by atoms with Crippen LogP contribution in [-0.2, 0) is 4.43 Å². The summed E-state index contributed by atoms with van der Waals surface area (Å²) in [7, 11) is -1.63. The van der Waals surface area contributed by atoms with Gasteiger partial charge in [0.05, 0.1) is 12.7 Å². The van der Waals surface area contributed by atoms with E-state index in [1.54, 1.807) is 0 Å². The monoisotopic (exact) mass is 234 g/mol. The molecular weight excluding hydrogens is 208 g/mol. The Morgan fingerprint density at radius 2 is 1.80 bits per heavy atom. The van der Waals surface area contributed by atoms with Gasteiger partial charge < -0.3 is 14.6 Å². The van der Waals surface area contributed by atoms with Gasteiger partial charge in [-0.05, 0) is 31.0 Å². The summed E-state index contributed by atoms with van der Waals surface area (Å²) < 4.78 is 5.93. The quantitative estimate of drug-likeness (QED) is 0.547. The van der Waals surface area contributed by atoms with Crippen molar-refractivity contribution in [1.29, 1.82) is 0 Å². The second-order valence-corrected chi connectivity index (χ2v) is 10.4. The molecular formula is C11H26O3Si. The van der Waals surface area contributed by atoms with E-state index in [0.29, 0.717) is 13.0 Å². The van der Waals surface area contributed by atoms with Crippen molar-refractivity contribution in [2.75, 3.05) is 13.2 Å². The van der Waals surface area contributed by atoms with Gasteiger partial charge >= 0.3 is 0 Å². The molecule has 0 aliphatic carbocycles. The second kappa shape index (κ2) is 5.99. The highest BCUT2D eigenvalue weighted by Gasteiger charge is 2.36. The summed E-state index contributed by atoms with van der Waals surface area (Å²) in [5.41, 5.74) is 0. The number of hydrogen-bond donors (Lipinski definition) is 2. The molecule has 0 fully saturated rings. The molecule has 0 aromatic rings. The molecule has 0 aliphatic heterocycles. The average molecular weight is 234 g/mol. The van der Waals surface area contributed by atoms with Crippen LogP contribution < -0.4 is 0 Å². The van der Waals surface area contributed by atoms with E-state index in [9.17, 15) is 0 Å². The zero-order chi connectivity index (χ0) is 12.1. The zero-order valence-corrected chi connectivity index (χ0v) is 11.7. The standard InChI is InChI=1S/C11H26O3Si/c1-11(2,3)15(4,5)14-8-6-7-10(13)9-12/h10,12-13H,6-9H2,1-5H3/t10-/m1/s1. The van der Waals surface area contributed by atoms with Crippen molar-refractivity contribution >= 4 is 8.32 Å². The van der Waals surface area contributed by atoms with Crippen molar-refractivity contribution in [3.63, 3.8) is 0 Å². The van der Waals surface area contributed by atoms with Crippen LogP contribution in [-0.4, -0.2) is 37.8 Å².